The van der Waals surface area contributed by atoms with Crippen LogP contribution < -0.4 is 9.47 Å². The monoisotopic (exact) mass is 231 g/mol. The number of hydrogen-bond acceptors (Lipinski definition) is 6. The molecule has 0 radical (unpaired) electrons. The highest BCUT2D eigenvalue weighted by molar-refractivity contribution is 5.90. The van der Waals surface area contributed by atoms with Crippen LogP contribution in [0.5, 0.6) is 11.8 Å². The first-order chi connectivity index (χ1) is 8.29. The highest BCUT2D eigenvalue weighted by Crippen LogP contribution is 2.12. The van der Waals surface area contributed by atoms with Crippen molar-refractivity contribution in [2.24, 2.45) is 0 Å². The second-order valence-corrected chi connectivity index (χ2v) is 3.04. The molecule has 0 unspecified atom stereocenters. The van der Waals surface area contributed by atoms with E-state index in [0.29, 0.717) is 11.3 Å². The van der Waals surface area contributed by atoms with Gasteiger partial charge in [0.2, 0.25) is 0 Å². The van der Waals surface area contributed by atoms with Gasteiger partial charge < -0.3 is 9.47 Å². The molecule has 0 aliphatic heterocycles. The van der Waals surface area contributed by atoms with E-state index in [-0.39, 0.29) is 6.01 Å². The first-order valence-electron chi connectivity index (χ1n) is 4.78. The van der Waals surface area contributed by atoms with Crippen LogP contribution in [0, 0.1) is 0 Å². The summed E-state index contributed by atoms with van der Waals surface area (Å²) in [6.07, 6.45) is 2.51. The van der Waals surface area contributed by atoms with Crippen molar-refractivity contribution in [1.82, 2.24) is 15.0 Å². The van der Waals surface area contributed by atoms with Crippen molar-refractivity contribution in [3.05, 3.63) is 42.5 Å². The SMILES string of the molecule is COc1ccc(C(=O)Oc2ncncn2)cc1. The number of aromatic nitrogens is 3. The van der Waals surface area contributed by atoms with Gasteiger partial charge in [-0.3, -0.25) is 0 Å². The van der Waals surface area contributed by atoms with Crippen LogP contribution in [0.4, 0.5) is 0 Å². The maximum absolute atomic E-state index is 11.7. The zero-order chi connectivity index (χ0) is 12.1. The number of hydrogen-bond donors (Lipinski definition) is 0. The predicted octanol–water partition coefficient (Wildman–Crippen LogP) is 1.10. The highest BCUT2D eigenvalue weighted by Gasteiger charge is 2.09. The average molecular weight is 231 g/mol. The van der Waals surface area contributed by atoms with Crippen LogP contribution in [0.2, 0.25) is 0 Å². The minimum absolute atomic E-state index is 0.0270. The fourth-order valence-corrected chi connectivity index (χ4v) is 1.15. The van der Waals surface area contributed by atoms with Crippen molar-refractivity contribution in [1.29, 1.82) is 0 Å². The number of benzene rings is 1. The number of nitrogens with zero attached hydrogens (tertiary/aromatic N) is 3. The third kappa shape index (κ3) is 2.75. The highest BCUT2D eigenvalue weighted by atomic mass is 16.5. The number of ether oxygens (including phenoxy) is 2. The second-order valence-electron chi connectivity index (χ2n) is 3.04. The fourth-order valence-electron chi connectivity index (χ4n) is 1.15. The lowest BCUT2D eigenvalue weighted by Gasteiger charge is -2.02. The Morgan fingerprint density at radius 1 is 1.12 bits per heavy atom. The second kappa shape index (κ2) is 5.02. The summed E-state index contributed by atoms with van der Waals surface area (Å²) >= 11 is 0. The molecule has 0 bridgehead atoms. The van der Waals surface area contributed by atoms with Crippen LogP contribution in [0.25, 0.3) is 0 Å². The molecule has 1 heterocycles. The van der Waals surface area contributed by atoms with Crippen molar-refractivity contribution in [3.63, 3.8) is 0 Å². The third-order valence-corrected chi connectivity index (χ3v) is 1.98. The Morgan fingerprint density at radius 2 is 1.76 bits per heavy atom. The number of carbonyl (C=O) groups is 1. The van der Waals surface area contributed by atoms with E-state index in [1.807, 2.05) is 0 Å². The molecule has 6 heteroatoms. The maximum Gasteiger partial charge on any atom is 0.345 e. The van der Waals surface area contributed by atoms with Crippen LogP contribution in [0.15, 0.2) is 36.9 Å². The summed E-state index contributed by atoms with van der Waals surface area (Å²) in [5, 5.41) is 0. The van der Waals surface area contributed by atoms with Crippen LogP contribution >= 0.6 is 0 Å². The average Bonchev–Trinajstić information content (AvgIpc) is 2.40. The molecule has 0 saturated heterocycles. The number of rotatable bonds is 3. The van der Waals surface area contributed by atoms with Gasteiger partial charge in [0.05, 0.1) is 12.7 Å². The van der Waals surface area contributed by atoms with Crippen LogP contribution in [0.3, 0.4) is 0 Å². The van der Waals surface area contributed by atoms with E-state index in [1.54, 1.807) is 31.4 Å². The van der Waals surface area contributed by atoms with Crippen LogP contribution in [-0.4, -0.2) is 28.0 Å². The molecule has 1 aromatic heterocycles. The summed E-state index contributed by atoms with van der Waals surface area (Å²) in [6, 6.07) is 6.51. The van der Waals surface area contributed by atoms with E-state index in [9.17, 15) is 4.79 Å². The quantitative estimate of drug-likeness (QED) is 0.736. The lowest BCUT2D eigenvalue weighted by Crippen LogP contribution is -2.10. The van der Waals surface area contributed by atoms with Crippen molar-refractivity contribution in [2.75, 3.05) is 7.11 Å². The van der Waals surface area contributed by atoms with Gasteiger partial charge >= 0.3 is 12.0 Å². The maximum atomic E-state index is 11.7. The third-order valence-electron chi connectivity index (χ3n) is 1.98. The number of esters is 1. The lowest BCUT2D eigenvalue weighted by molar-refractivity contribution is 0.0719. The lowest BCUT2D eigenvalue weighted by atomic mass is 10.2. The summed E-state index contributed by atoms with van der Waals surface area (Å²) in [5.74, 6) is 0.139. The minimum atomic E-state index is -0.529. The normalized spacial score (nSPS) is 9.71. The Labute approximate surface area is 97.3 Å². The molecule has 0 saturated carbocycles. The number of methoxy groups -OCH3 is 1. The Kier molecular flexibility index (Phi) is 3.25. The fraction of sp³-hybridized carbons (Fsp3) is 0.0909. The molecule has 0 N–H and O–H groups in total. The molecule has 0 fully saturated rings. The van der Waals surface area contributed by atoms with E-state index < -0.39 is 5.97 Å². The van der Waals surface area contributed by atoms with Crippen LogP contribution in [-0.2, 0) is 0 Å². The molecule has 2 rings (SSSR count). The summed E-state index contributed by atoms with van der Waals surface area (Å²) in [7, 11) is 1.55. The molecule has 86 valence electrons. The predicted molar refractivity (Wildman–Crippen MR) is 57.8 cm³/mol. The van der Waals surface area contributed by atoms with Gasteiger partial charge in [0, 0.05) is 0 Å². The molecule has 6 nitrogen and oxygen atoms in total. The zero-order valence-electron chi connectivity index (χ0n) is 9.03. The van der Waals surface area contributed by atoms with Crippen LogP contribution in [0.1, 0.15) is 10.4 Å². The van der Waals surface area contributed by atoms with Crippen molar-refractivity contribution in [2.45, 2.75) is 0 Å². The molecule has 1 aromatic carbocycles. The molecule has 2 aromatic rings. The topological polar surface area (TPSA) is 74.2 Å². The van der Waals surface area contributed by atoms with Gasteiger partial charge in [-0.15, -0.1) is 0 Å². The molecule has 17 heavy (non-hydrogen) atoms. The summed E-state index contributed by atoms with van der Waals surface area (Å²) in [5.41, 5.74) is 0.395. The first-order valence-corrected chi connectivity index (χ1v) is 4.78. The van der Waals surface area contributed by atoms with Gasteiger partial charge in [0.1, 0.15) is 18.4 Å². The Balaban J connectivity index is 2.09. The van der Waals surface area contributed by atoms with E-state index in [1.165, 1.54) is 12.7 Å². The van der Waals surface area contributed by atoms with Crippen molar-refractivity contribution in [3.8, 4) is 11.8 Å². The first kappa shape index (κ1) is 11.0. The van der Waals surface area contributed by atoms with Gasteiger partial charge in [-0.05, 0) is 24.3 Å². The van der Waals surface area contributed by atoms with Gasteiger partial charge in [0.15, 0.2) is 0 Å². The van der Waals surface area contributed by atoms with E-state index >= 15 is 0 Å². The van der Waals surface area contributed by atoms with Gasteiger partial charge in [-0.2, -0.15) is 9.97 Å². The molecular formula is C11H9N3O3. The van der Waals surface area contributed by atoms with E-state index in [4.69, 9.17) is 9.47 Å². The Bertz CT molecular complexity index is 499. The largest absolute Gasteiger partial charge is 0.497 e. The summed E-state index contributed by atoms with van der Waals surface area (Å²) < 4.78 is 9.91. The molecule has 0 atom stereocenters. The van der Waals surface area contributed by atoms with E-state index in [2.05, 4.69) is 15.0 Å². The Morgan fingerprint density at radius 3 is 2.35 bits per heavy atom. The minimum Gasteiger partial charge on any atom is -0.497 e. The Hall–Kier alpha value is -2.50. The molecule has 0 amide bonds. The number of carbonyl (C=O) groups excluding carboxylic acids is 1. The standard InChI is InChI=1S/C11H9N3O3/c1-16-9-4-2-8(3-5-9)10(15)17-11-13-6-12-7-14-11/h2-7H,1H3. The summed E-state index contributed by atoms with van der Waals surface area (Å²) in [4.78, 5) is 22.6. The molecule has 0 aliphatic rings. The van der Waals surface area contributed by atoms with Gasteiger partial charge in [0.25, 0.3) is 0 Å². The van der Waals surface area contributed by atoms with Gasteiger partial charge in [-0.25, -0.2) is 9.78 Å². The molecular weight excluding hydrogens is 222 g/mol. The molecule has 0 aliphatic carbocycles. The smallest absolute Gasteiger partial charge is 0.345 e. The van der Waals surface area contributed by atoms with Crippen molar-refractivity contribution >= 4 is 5.97 Å². The zero-order valence-corrected chi connectivity index (χ0v) is 9.03. The van der Waals surface area contributed by atoms with Gasteiger partial charge in [-0.1, -0.05) is 0 Å². The van der Waals surface area contributed by atoms with Crippen molar-refractivity contribution < 1.29 is 14.3 Å². The van der Waals surface area contributed by atoms with E-state index in [0.717, 1.165) is 0 Å². The summed E-state index contributed by atoms with van der Waals surface area (Å²) in [6.45, 7) is 0. The molecule has 0 spiro atoms.